The smallest absolute Gasteiger partial charge is 0.0614 e. The van der Waals surface area contributed by atoms with E-state index < -0.39 is 0 Å². The Kier molecular flexibility index (Phi) is 5.58. The molecule has 3 nitrogen and oxygen atoms in total. The molecule has 1 heterocycles. The molecule has 1 unspecified atom stereocenters. The molecule has 1 fully saturated rings. The van der Waals surface area contributed by atoms with Crippen LogP contribution in [0.2, 0.25) is 0 Å². The predicted molar refractivity (Wildman–Crippen MR) is 61.9 cm³/mol. The van der Waals surface area contributed by atoms with Crippen molar-refractivity contribution in [3.63, 3.8) is 0 Å². The molecule has 0 spiro atoms. The minimum atomic E-state index is -0.0438. The normalized spacial score (nSPS) is 26.4. The van der Waals surface area contributed by atoms with Gasteiger partial charge in [0.25, 0.3) is 0 Å². The molecule has 0 amide bonds. The van der Waals surface area contributed by atoms with Crippen LogP contribution < -0.4 is 5.32 Å². The maximum absolute atomic E-state index is 9.34. The summed E-state index contributed by atoms with van der Waals surface area (Å²) in [6, 6.07) is 0. The van der Waals surface area contributed by atoms with Crippen molar-refractivity contribution in [3.8, 4) is 0 Å². The van der Waals surface area contributed by atoms with E-state index >= 15 is 0 Å². The molecule has 1 aliphatic rings. The largest absolute Gasteiger partial charge is 0.394 e. The summed E-state index contributed by atoms with van der Waals surface area (Å²) in [5.74, 6) is 0.710. The molecule has 15 heavy (non-hydrogen) atoms. The zero-order valence-electron chi connectivity index (χ0n) is 10.1. The molecule has 1 rings (SSSR count). The van der Waals surface area contributed by atoms with Crippen LogP contribution >= 0.6 is 0 Å². The first-order valence-electron chi connectivity index (χ1n) is 6.12. The van der Waals surface area contributed by atoms with Gasteiger partial charge in [0.1, 0.15) is 0 Å². The Balaban J connectivity index is 2.07. The lowest BCUT2D eigenvalue weighted by Gasteiger charge is -2.26. The lowest BCUT2D eigenvalue weighted by atomic mass is 9.95. The van der Waals surface area contributed by atoms with Crippen molar-refractivity contribution < 1.29 is 9.84 Å². The van der Waals surface area contributed by atoms with Crippen LogP contribution in [0.25, 0.3) is 0 Å². The molecule has 0 aliphatic carbocycles. The summed E-state index contributed by atoms with van der Waals surface area (Å²) in [6.45, 7) is 7.29. The minimum Gasteiger partial charge on any atom is -0.394 e. The lowest BCUT2D eigenvalue weighted by Crippen LogP contribution is -2.44. The van der Waals surface area contributed by atoms with Gasteiger partial charge in [-0.25, -0.2) is 0 Å². The van der Waals surface area contributed by atoms with Gasteiger partial charge >= 0.3 is 0 Å². The van der Waals surface area contributed by atoms with Gasteiger partial charge < -0.3 is 15.2 Å². The molecule has 0 saturated carbocycles. The molecule has 0 aromatic rings. The van der Waals surface area contributed by atoms with Crippen LogP contribution in [-0.2, 0) is 4.74 Å². The second kappa shape index (κ2) is 6.46. The van der Waals surface area contributed by atoms with Gasteiger partial charge in [-0.1, -0.05) is 13.8 Å². The summed E-state index contributed by atoms with van der Waals surface area (Å²) in [4.78, 5) is 0. The summed E-state index contributed by atoms with van der Waals surface area (Å²) >= 11 is 0. The second-order valence-electron chi connectivity index (χ2n) is 5.01. The van der Waals surface area contributed by atoms with Crippen molar-refractivity contribution in [2.75, 3.05) is 26.4 Å². The molecule has 2 N–H and O–H groups in total. The fourth-order valence-corrected chi connectivity index (χ4v) is 1.98. The standard InChI is InChI=1S/C12H25NO2/c1-11(2)4-8-15-9-6-12(10-14)5-3-7-13-12/h11,13-14H,3-10H2,1-2H3. The van der Waals surface area contributed by atoms with Crippen molar-refractivity contribution in [1.29, 1.82) is 0 Å². The number of aliphatic hydroxyl groups excluding tert-OH is 1. The van der Waals surface area contributed by atoms with E-state index in [4.69, 9.17) is 4.74 Å². The first kappa shape index (κ1) is 12.9. The van der Waals surface area contributed by atoms with Crippen molar-refractivity contribution >= 4 is 0 Å². The van der Waals surface area contributed by atoms with E-state index in [9.17, 15) is 5.11 Å². The molecule has 0 aromatic carbocycles. The second-order valence-corrected chi connectivity index (χ2v) is 5.01. The zero-order valence-corrected chi connectivity index (χ0v) is 10.1. The molecule has 1 atom stereocenters. The van der Waals surface area contributed by atoms with E-state index in [1.807, 2.05) is 0 Å². The van der Waals surface area contributed by atoms with Crippen LogP contribution in [-0.4, -0.2) is 37.0 Å². The number of rotatable bonds is 7. The number of nitrogens with one attached hydrogen (secondary N) is 1. The van der Waals surface area contributed by atoms with Crippen LogP contribution in [0, 0.1) is 5.92 Å². The van der Waals surface area contributed by atoms with E-state index in [0.29, 0.717) is 5.92 Å². The van der Waals surface area contributed by atoms with E-state index in [-0.39, 0.29) is 12.1 Å². The highest BCUT2D eigenvalue weighted by atomic mass is 16.5. The summed E-state index contributed by atoms with van der Waals surface area (Å²) in [6.07, 6.45) is 4.31. The van der Waals surface area contributed by atoms with Crippen LogP contribution in [0.1, 0.15) is 39.5 Å². The average molecular weight is 215 g/mol. The fourth-order valence-electron chi connectivity index (χ4n) is 1.98. The van der Waals surface area contributed by atoms with Crippen LogP contribution in [0.5, 0.6) is 0 Å². The van der Waals surface area contributed by atoms with Gasteiger partial charge in [0.2, 0.25) is 0 Å². The molecule has 90 valence electrons. The SMILES string of the molecule is CC(C)CCOCCC1(CO)CCCN1. The molecule has 0 bridgehead atoms. The third-order valence-electron chi connectivity index (χ3n) is 3.20. The Morgan fingerprint density at radius 2 is 2.20 bits per heavy atom. The number of ether oxygens (including phenoxy) is 1. The average Bonchev–Trinajstić information content (AvgIpc) is 2.66. The summed E-state index contributed by atoms with van der Waals surface area (Å²) in [5.41, 5.74) is -0.0438. The molecular formula is C12H25NO2. The Morgan fingerprint density at radius 3 is 2.73 bits per heavy atom. The first-order valence-corrected chi connectivity index (χ1v) is 6.12. The summed E-state index contributed by atoms with van der Waals surface area (Å²) in [5, 5.41) is 12.7. The van der Waals surface area contributed by atoms with E-state index in [0.717, 1.165) is 39.0 Å². The van der Waals surface area contributed by atoms with Gasteiger partial charge in [-0.3, -0.25) is 0 Å². The third-order valence-corrected chi connectivity index (χ3v) is 3.20. The molecule has 0 radical (unpaired) electrons. The Hall–Kier alpha value is -0.120. The molecule has 0 aromatic heterocycles. The van der Waals surface area contributed by atoms with Crippen molar-refractivity contribution in [2.24, 2.45) is 5.92 Å². The van der Waals surface area contributed by atoms with Crippen molar-refractivity contribution in [2.45, 2.75) is 45.1 Å². The van der Waals surface area contributed by atoms with E-state index in [2.05, 4.69) is 19.2 Å². The van der Waals surface area contributed by atoms with Gasteiger partial charge in [0.15, 0.2) is 0 Å². The quantitative estimate of drug-likeness (QED) is 0.633. The highest BCUT2D eigenvalue weighted by Gasteiger charge is 2.31. The number of hydrogen-bond donors (Lipinski definition) is 2. The molecule has 1 aliphatic heterocycles. The summed E-state index contributed by atoms with van der Waals surface area (Å²) in [7, 11) is 0. The molecular weight excluding hydrogens is 190 g/mol. The molecule has 1 saturated heterocycles. The van der Waals surface area contributed by atoms with E-state index in [1.165, 1.54) is 6.42 Å². The van der Waals surface area contributed by atoms with Gasteiger partial charge in [0, 0.05) is 18.8 Å². The maximum Gasteiger partial charge on any atom is 0.0614 e. The Bertz CT molecular complexity index is 165. The van der Waals surface area contributed by atoms with Crippen LogP contribution in [0.4, 0.5) is 0 Å². The van der Waals surface area contributed by atoms with Gasteiger partial charge in [-0.2, -0.15) is 0 Å². The first-order chi connectivity index (χ1) is 7.18. The van der Waals surface area contributed by atoms with Gasteiger partial charge in [-0.05, 0) is 38.1 Å². The van der Waals surface area contributed by atoms with Crippen molar-refractivity contribution in [1.82, 2.24) is 5.32 Å². The highest BCUT2D eigenvalue weighted by molar-refractivity contribution is 4.92. The van der Waals surface area contributed by atoms with Crippen molar-refractivity contribution in [3.05, 3.63) is 0 Å². The predicted octanol–water partition coefficient (Wildman–Crippen LogP) is 1.55. The topological polar surface area (TPSA) is 41.5 Å². The number of aliphatic hydroxyl groups is 1. The van der Waals surface area contributed by atoms with E-state index in [1.54, 1.807) is 0 Å². The highest BCUT2D eigenvalue weighted by Crippen LogP contribution is 2.22. The monoisotopic (exact) mass is 215 g/mol. The minimum absolute atomic E-state index is 0.0438. The van der Waals surface area contributed by atoms with Crippen LogP contribution in [0.15, 0.2) is 0 Å². The molecule has 3 heteroatoms. The van der Waals surface area contributed by atoms with Gasteiger partial charge in [0.05, 0.1) is 6.61 Å². The third kappa shape index (κ3) is 4.49. The number of hydrogen-bond acceptors (Lipinski definition) is 3. The zero-order chi connectivity index (χ0) is 11.1. The fraction of sp³-hybridized carbons (Fsp3) is 1.00. The Labute approximate surface area is 93.2 Å². The maximum atomic E-state index is 9.34. The summed E-state index contributed by atoms with van der Waals surface area (Å²) < 4.78 is 5.58. The van der Waals surface area contributed by atoms with Gasteiger partial charge in [-0.15, -0.1) is 0 Å². The lowest BCUT2D eigenvalue weighted by molar-refractivity contribution is 0.0820. The Morgan fingerprint density at radius 1 is 1.40 bits per heavy atom. The van der Waals surface area contributed by atoms with Crippen LogP contribution in [0.3, 0.4) is 0 Å².